The molecule has 0 saturated carbocycles. The van der Waals surface area contributed by atoms with E-state index in [9.17, 15) is 4.79 Å². The number of carbonyl (C=O) groups is 1. The molecule has 2 heterocycles. The third kappa shape index (κ3) is 3.80. The Bertz CT molecular complexity index is 517. The molecule has 2 atom stereocenters. The summed E-state index contributed by atoms with van der Waals surface area (Å²) in [6.07, 6.45) is 3.47. The largest absolute Gasteiger partial charge is 0.375 e. The van der Waals surface area contributed by atoms with Crippen LogP contribution < -0.4 is 5.32 Å². The highest BCUT2D eigenvalue weighted by Crippen LogP contribution is 2.25. The van der Waals surface area contributed by atoms with Crippen LogP contribution in [-0.2, 0) is 16.0 Å². The third-order valence-corrected chi connectivity index (χ3v) is 4.89. The van der Waals surface area contributed by atoms with Gasteiger partial charge in [-0.25, -0.2) is 0 Å². The quantitative estimate of drug-likeness (QED) is 0.924. The standard InChI is InChI=1S/C17H23ClN2O2/c18-16-6-2-1-4-13(16)10-14-5-3-8-20(14)17(21)11-15-12-19-7-9-22-15/h1-2,4,6,14-15,19H,3,5,7-12H2/t14-,15+/m1/s1. The summed E-state index contributed by atoms with van der Waals surface area (Å²) >= 11 is 6.25. The second-order valence-electron chi connectivity index (χ2n) is 6.08. The second-order valence-corrected chi connectivity index (χ2v) is 6.49. The molecule has 2 saturated heterocycles. The first-order chi connectivity index (χ1) is 10.7. The van der Waals surface area contributed by atoms with E-state index in [0.29, 0.717) is 13.0 Å². The smallest absolute Gasteiger partial charge is 0.225 e. The lowest BCUT2D eigenvalue weighted by Gasteiger charge is -2.29. The van der Waals surface area contributed by atoms with Crippen molar-refractivity contribution in [3.8, 4) is 0 Å². The first kappa shape index (κ1) is 15.8. The summed E-state index contributed by atoms with van der Waals surface area (Å²) < 4.78 is 5.65. The number of ether oxygens (including phenoxy) is 1. The van der Waals surface area contributed by atoms with Crippen molar-refractivity contribution in [1.82, 2.24) is 10.2 Å². The Morgan fingerprint density at radius 3 is 3.05 bits per heavy atom. The monoisotopic (exact) mass is 322 g/mol. The van der Waals surface area contributed by atoms with E-state index in [0.717, 1.165) is 49.5 Å². The van der Waals surface area contributed by atoms with Gasteiger partial charge in [0.2, 0.25) is 5.91 Å². The molecule has 0 bridgehead atoms. The molecular weight excluding hydrogens is 300 g/mol. The van der Waals surface area contributed by atoms with Crippen LogP contribution >= 0.6 is 11.6 Å². The fraction of sp³-hybridized carbons (Fsp3) is 0.588. The lowest BCUT2D eigenvalue weighted by atomic mass is 10.0. The highest BCUT2D eigenvalue weighted by molar-refractivity contribution is 6.31. The van der Waals surface area contributed by atoms with Gasteiger partial charge in [-0.15, -0.1) is 0 Å². The van der Waals surface area contributed by atoms with Gasteiger partial charge in [-0.05, 0) is 30.9 Å². The zero-order chi connectivity index (χ0) is 15.4. The Morgan fingerprint density at radius 1 is 1.41 bits per heavy atom. The second kappa shape index (κ2) is 7.44. The molecule has 3 rings (SSSR count). The molecule has 1 aromatic carbocycles. The summed E-state index contributed by atoms with van der Waals surface area (Å²) in [5.41, 5.74) is 1.13. The number of hydrogen-bond donors (Lipinski definition) is 1. The summed E-state index contributed by atoms with van der Waals surface area (Å²) in [5, 5.41) is 4.07. The maximum absolute atomic E-state index is 12.6. The number of nitrogens with one attached hydrogen (secondary N) is 1. The molecule has 1 aromatic rings. The number of morpholine rings is 1. The van der Waals surface area contributed by atoms with Crippen LogP contribution in [0.4, 0.5) is 0 Å². The highest BCUT2D eigenvalue weighted by atomic mass is 35.5. The number of hydrogen-bond acceptors (Lipinski definition) is 3. The van der Waals surface area contributed by atoms with Gasteiger partial charge in [0.25, 0.3) is 0 Å². The predicted octanol–water partition coefficient (Wildman–Crippen LogP) is 2.25. The minimum absolute atomic E-state index is 0.0165. The number of amides is 1. The van der Waals surface area contributed by atoms with Gasteiger partial charge in [0.15, 0.2) is 0 Å². The number of halogens is 1. The lowest BCUT2D eigenvalue weighted by molar-refractivity contribution is -0.135. The highest BCUT2D eigenvalue weighted by Gasteiger charge is 2.30. The number of carbonyl (C=O) groups excluding carboxylic acids is 1. The fourth-order valence-corrected chi connectivity index (χ4v) is 3.57. The van der Waals surface area contributed by atoms with E-state index >= 15 is 0 Å². The molecule has 0 unspecified atom stereocenters. The van der Waals surface area contributed by atoms with Crippen LogP contribution in [0.15, 0.2) is 24.3 Å². The normalized spacial score (nSPS) is 25.4. The lowest BCUT2D eigenvalue weighted by Crippen LogP contribution is -2.44. The van der Waals surface area contributed by atoms with Gasteiger partial charge < -0.3 is 15.0 Å². The van der Waals surface area contributed by atoms with E-state index in [4.69, 9.17) is 16.3 Å². The van der Waals surface area contributed by atoms with E-state index in [-0.39, 0.29) is 18.1 Å². The zero-order valence-corrected chi connectivity index (χ0v) is 13.5. The predicted molar refractivity (Wildman–Crippen MR) is 87.1 cm³/mol. The number of nitrogens with zero attached hydrogens (tertiary/aromatic N) is 1. The van der Waals surface area contributed by atoms with Crippen molar-refractivity contribution in [3.05, 3.63) is 34.9 Å². The Kier molecular flexibility index (Phi) is 5.34. The molecule has 120 valence electrons. The average Bonchev–Trinajstić information content (AvgIpc) is 2.99. The summed E-state index contributed by atoms with van der Waals surface area (Å²) in [4.78, 5) is 14.6. The van der Waals surface area contributed by atoms with Gasteiger partial charge in [-0.1, -0.05) is 29.8 Å². The van der Waals surface area contributed by atoms with Gasteiger partial charge in [0, 0.05) is 30.7 Å². The Hall–Kier alpha value is -1.10. The van der Waals surface area contributed by atoms with E-state index < -0.39 is 0 Å². The molecule has 5 heteroatoms. The number of rotatable bonds is 4. The van der Waals surface area contributed by atoms with Crippen molar-refractivity contribution in [2.75, 3.05) is 26.2 Å². The van der Waals surface area contributed by atoms with Crippen LogP contribution in [0.2, 0.25) is 5.02 Å². The van der Waals surface area contributed by atoms with Gasteiger partial charge in [0.05, 0.1) is 19.1 Å². The summed E-state index contributed by atoms with van der Waals surface area (Å²) in [7, 11) is 0. The van der Waals surface area contributed by atoms with Crippen molar-refractivity contribution >= 4 is 17.5 Å². The minimum Gasteiger partial charge on any atom is -0.375 e. The molecule has 1 amide bonds. The Balaban J connectivity index is 1.60. The third-order valence-electron chi connectivity index (χ3n) is 4.52. The summed E-state index contributed by atoms with van der Waals surface area (Å²) in [5.74, 6) is 0.211. The van der Waals surface area contributed by atoms with Gasteiger partial charge in [-0.2, -0.15) is 0 Å². The van der Waals surface area contributed by atoms with Gasteiger partial charge in [0.1, 0.15) is 0 Å². The Morgan fingerprint density at radius 2 is 2.27 bits per heavy atom. The van der Waals surface area contributed by atoms with Crippen LogP contribution in [0, 0.1) is 0 Å². The maximum atomic E-state index is 12.6. The molecule has 4 nitrogen and oxygen atoms in total. The number of likely N-dealkylation sites (tertiary alicyclic amines) is 1. The van der Waals surface area contributed by atoms with Crippen molar-refractivity contribution in [2.24, 2.45) is 0 Å². The fourth-order valence-electron chi connectivity index (χ4n) is 3.36. The molecule has 0 radical (unpaired) electrons. The molecule has 22 heavy (non-hydrogen) atoms. The number of benzene rings is 1. The van der Waals surface area contributed by atoms with Gasteiger partial charge in [-0.3, -0.25) is 4.79 Å². The molecule has 0 aliphatic carbocycles. The van der Waals surface area contributed by atoms with Crippen LogP contribution in [0.3, 0.4) is 0 Å². The molecule has 2 aliphatic rings. The van der Waals surface area contributed by atoms with Crippen LogP contribution in [0.5, 0.6) is 0 Å². The Labute approximate surface area is 136 Å². The maximum Gasteiger partial charge on any atom is 0.225 e. The first-order valence-electron chi connectivity index (χ1n) is 8.09. The van der Waals surface area contributed by atoms with Crippen molar-refractivity contribution in [1.29, 1.82) is 0 Å². The molecule has 0 spiro atoms. The van der Waals surface area contributed by atoms with Crippen LogP contribution in [0.25, 0.3) is 0 Å². The zero-order valence-electron chi connectivity index (χ0n) is 12.8. The molecule has 2 fully saturated rings. The SMILES string of the molecule is O=C(C[C@H]1CNCCO1)N1CCC[C@@H]1Cc1ccccc1Cl. The molecule has 0 aromatic heterocycles. The summed E-state index contributed by atoms with van der Waals surface area (Å²) in [6, 6.07) is 8.18. The van der Waals surface area contributed by atoms with Crippen molar-refractivity contribution in [3.63, 3.8) is 0 Å². The van der Waals surface area contributed by atoms with Gasteiger partial charge >= 0.3 is 0 Å². The topological polar surface area (TPSA) is 41.6 Å². The summed E-state index contributed by atoms with van der Waals surface area (Å²) in [6.45, 7) is 3.20. The van der Waals surface area contributed by atoms with Crippen molar-refractivity contribution < 1.29 is 9.53 Å². The van der Waals surface area contributed by atoms with E-state index in [1.54, 1.807) is 0 Å². The van der Waals surface area contributed by atoms with Crippen LogP contribution in [0.1, 0.15) is 24.8 Å². The van der Waals surface area contributed by atoms with Crippen molar-refractivity contribution in [2.45, 2.75) is 37.8 Å². The van der Waals surface area contributed by atoms with E-state index in [2.05, 4.69) is 11.4 Å². The molecular formula is C17H23ClN2O2. The van der Waals surface area contributed by atoms with E-state index in [1.165, 1.54) is 0 Å². The van der Waals surface area contributed by atoms with E-state index in [1.807, 2.05) is 23.1 Å². The molecule has 2 aliphatic heterocycles. The van der Waals surface area contributed by atoms with Crippen LogP contribution in [-0.4, -0.2) is 49.2 Å². The first-order valence-corrected chi connectivity index (χ1v) is 8.47. The molecule has 1 N–H and O–H groups in total. The minimum atomic E-state index is 0.0165. The average molecular weight is 323 g/mol.